The van der Waals surface area contributed by atoms with Crippen molar-refractivity contribution >= 4 is 5.78 Å². The van der Waals surface area contributed by atoms with Gasteiger partial charge in [0, 0.05) is 31.0 Å². The Labute approximate surface area is 124 Å². The second-order valence-corrected chi connectivity index (χ2v) is 7.34. The van der Waals surface area contributed by atoms with Gasteiger partial charge in [-0.3, -0.25) is 9.69 Å². The molecule has 0 aromatic heterocycles. The van der Waals surface area contributed by atoms with Gasteiger partial charge in [-0.05, 0) is 25.7 Å². The first kappa shape index (κ1) is 14.6. The maximum absolute atomic E-state index is 11.9. The molecule has 2 bridgehead atoms. The minimum atomic E-state index is 0.538. The van der Waals surface area contributed by atoms with Crippen LogP contribution in [-0.4, -0.2) is 28.8 Å². The van der Waals surface area contributed by atoms with Crippen LogP contribution in [0, 0.1) is 0 Å². The van der Waals surface area contributed by atoms with E-state index in [0.717, 1.165) is 18.9 Å². The standard InChI is InChI=1S/C18H31NO/c20-18-13-16-11-8-12-17(14-18)19(16)15-9-6-4-2-1-3-5-7-10-15/h15-17H,1-14H2. The van der Waals surface area contributed by atoms with Gasteiger partial charge in [0.15, 0.2) is 0 Å². The number of hydrogen-bond donors (Lipinski definition) is 0. The van der Waals surface area contributed by atoms with Gasteiger partial charge in [-0.2, -0.15) is 0 Å². The first-order chi connectivity index (χ1) is 9.84. The summed E-state index contributed by atoms with van der Waals surface area (Å²) < 4.78 is 0. The molecule has 0 amide bonds. The van der Waals surface area contributed by atoms with Crippen molar-refractivity contribution in [3.8, 4) is 0 Å². The second-order valence-electron chi connectivity index (χ2n) is 7.34. The van der Waals surface area contributed by atoms with E-state index < -0.39 is 0 Å². The zero-order valence-corrected chi connectivity index (χ0v) is 13.0. The van der Waals surface area contributed by atoms with Crippen molar-refractivity contribution in [3.05, 3.63) is 0 Å². The van der Waals surface area contributed by atoms with Crippen LogP contribution in [0.4, 0.5) is 0 Å². The number of carbonyl (C=O) groups is 1. The fraction of sp³-hybridized carbons (Fsp3) is 0.944. The molecular formula is C18H31NO. The zero-order chi connectivity index (χ0) is 13.8. The molecule has 2 heterocycles. The normalized spacial score (nSPS) is 34.9. The summed E-state index contributed by atoms with van der Waals surface area (Å²) in [6.45, 7) is 0. The molecule has 1 aliphatic carbocycles. The SMILES string of the molecule is O=C1CC2CCCC(C1)N2C1CCCCCCCCC1. The Morgan fingerprint density at radius 2 is 1.05 bits per heavy atom. The fourth-order valence-electron chi connectivity index (χ4n) is 4.89. The van der Waals surface area contributed by atoms with Gasteiger partial charge in [-0.1, -0.05) is 51.4 Å². The highest BCUT2D eigenvalue weighted by Gasteiger charge is 2.40. The summed E-state index contributed by atoms with van der Waals surface area (Å²) in [4.78, 5) is 14.7. The van der Waals surface area contributed by atoms with Crippen LogP contribution in [0.5, 0.6) is 0 Å². The number of nitrogens with zero attached hydrogens (tertiary/aromatic N) is 1. The van der Waals surface area contributed by atoms with Gasteiger partial charge in [0.05, 0.1) is 0 Å². The van der Waals surface area contributed by atoms with Crippen molar-refractivity contribution in [2.45, 2.75) is 108 Å². The Hall–Kier alpha value is -0.370. The quantitative estimate of drug-likeness (QED) is 0.705. The van der Waals surface area contributed by atoms with E-state index in [9.17, 15) is 4.79 Å². The molecule has 2 nitrogen and oxygen atoms in total. The molecule has 114 valence electrons. The summed E-state index contributed by atoms with van der Waals surface area (Å²) in [6.07, 6.45) is 18.4. The number of ketones is 1. The Bertz CT molecular complexity index is 301. The van der Waals surface area contributed by atoms with Gasteiger partial charge in [-0.15, -0.1) is 0 Å². The summed E-state index contributed by atoms with van der Waals surface area (Å²) in [6, 6.07) is 1.99. The van der Waals surface area contributed by atoms with Gasteiger partial charge in [0.1, 0.15) is 5.78 Å². The molecule has 0 aromatic rings. The number of carbonyl (C=O) groups excluding carboxylic acids is 1. The van der Waals surface area contributed by atoms with Gasteiger partial charge in [-0.25, -0.2) is 0 Å². The summed E-state index contributed by atoms with van der Waals surface area (Å²) in [5, 5.41) is 0. The summed E-state index contributed by atoms with van der Waals surface area (Å²) in [5.74, 6) is 0.538. The molecule has 2 aliphatic heterocycles. The Morgan fingerprint density at radius 1 is 0.600 bits per heavy atom. The largest absolute Gasteiger partial charge is 0.300 e. The van der Waals surface area contributed by atoms with Gasteiger partial charge in [0.25, 0.3) is 0 Å². The van der Waals surface area contributed by atoms with Crippen LogP contribution in [0.15, 0.2) is 0 Å². The number of fused-ring (bicyclic) bond motifs is 2. The van der Waals surface area contributed by atoms with E-state index >= 15 is 0 Å². The van der Waals surface area contributed by atoms with Crippen molar-refractivity contribution in [2.24, 2.45) is 0 Å². The van der Waals surface area contributed by atoms with Crippen LogP contribution in [0.2, 0.25) is 0 Å². The van der Waals surface area contributed by atoms with E-state index in [-0.39, 0.29) is 0 Å². The molecule has 0 N–H and O–H groups in total. The van der Waals surface area contributed by atoms with E-state index in [2.05, 4.69) is 4.90 Å². The molecule has 3 fully saturated rings. The van der Waals surface area contributed by atoms with E-state index in [1.165, 1.54) is 77.0 Å². The summed E-state index contributed by atoms with van der Waals surface area (Å²) in [7, 11) is 0. The first-order valence-corrected chi connectivity index (χ1v) is 9.14. The minimum absolute atomic E-state index is 0.538. The lowest BCUT2D eigenvalue weighted by Gasteiger charge is -2.50. The topological polar surface area (TPSA) is 20.3 Å². The van der Waals surface area contributed by atoms with Crippen molar-refractivity contribution in [2.75, 3.05) is 0 Å². The average molecular weight is 277 g/mol. The van der Waals surface area contributed by atoms with Crippen LogP contribution in [0.1, 0.15) is 89.9 Å². The fourth-order valence-corrected chi connectivity index (χ4v) is 4.89. The maximum atomic E-state index is 11.9. The highest BCUT2D eigenvalue weighted by atomic mass is 16.1. The number of piperidine rings is 2. The van der Waals surface area contributed by atoms with E-state index in [1.54, 1.807) is 0 Å². The maximum Gasteiger partial charge on any atom is 0.136 e. The molecule has 20 heavy (non-hydrogen) atoms. The molecule has 3 aliphatic rings. The smallest absolute Gasteiger partial charge is 0.136 e. The van der Waals surface area contributed by atoms with Crippen LogP contribution in [-0.2, 0) is 4.79 Å². The summed E-state index contributed by atoms with van der Waals surface area (Å²) >= 11 is 0. The van der Waals surface area contributed by atoms with E-state index in [4.69, 9.17) is 0 Å². The molecule has 0 spiro atoms. The monoisotopic (exact) mass is 277 g/mol. The molecule has 0 radical (unpaired) electrons. The zero-order valence-electron chi connectivity index (χ0n) is 13.0. The predicted molar refractivity (Wildman–Crippen MR) is 82.8 cm³/mol. The van der Waals surface area contributed by atoms with Crippen molar-refractivity contribution < 1.29 is 4.79 Å². The molecule has 2 atom stereocenters. The van der Waals surface area contributed by atoms with Gasteiger partial charge in [0.2, 0.25) is 0 Å². The summed E-state index contributed by atoms with van der Waals surface area (Å²) in [5.41, 5.74) is 0. The lowest BCUT2D eigenvalue weighted by atomic mass is 9.81. The van der Waals surface area contributed by atoms with E-state index in [0.29, 0.717) is 17.9 Å². The van der Waals surface area contributed by atoms with Gasteiger partial charge < -0.3 is 0 Å². The lowest BCUT2D eigenvalue weighted by molar-refractivity contribution is -0.129. The predicted octanol–water partition coefficient (Wildman–Crippen LogP) is 4.47. The van der Waals surface area contributed by atoms with Crippen LogP contribution in [0.3, 0.4) is 0 Å². The highest BCUT2D eigenvalue weighted by molar-refractivity contribution is 5.80. The van der Waals surface area contributed by atoms with Crippen molar-refractivity contribution in [1.29, 1.82) is 0 Å². The second kappa shape index (κ2) is 7.06. The third-order valence-electron chi connectivity index (χ3n) is 5.84. The lowest BCUT2D eigenvalue weighted by Crippen LogP contribution is -2.56. The van der Waals surface area contributed by atoms with Crippen molar-refractivity contribution in [3.63, 3.8) is 0 Å². The van der Waals surface area contributed by atoms with Crippen molar-refractivity contribution in [1.82, 2.24) is 4.90 Å². The number of Topliss-reactive ketones (excluding diaryl/α,β-unsaturated/α-hetero) is 1. The highest BCUT2D eigenvalue weighted by Crippen LogP contribution is 2.36. The Balaban J connectivity index is 1.66. The third kappa shape index (κ3) is 3.44. The molecule has 1 saturated carbocycles. The molecule has 2 heteroatoms. The number of hydrogen-bond acceptors (Lipinski definition) is 2. The molecule has 2 saturated heterocycles. The molecular weight excluding hydrogens is 246 g/mol. The average Bonchev–Trinajstić information content (AvgIpc) is 2.44. The Kier molecular flexibility index (Phi) is 5.14. The molecule has 3 rings (SSSR count). The Morgan fingerprint density at radius 3 is 1.60 bits per heavy atom. The van der Waals surface area contributed by atoms with Gasteiger partial charge >= 0.3 is 0 Å². The van der Waals surface area contributed by atoms with Crippen LogP contribution < -0.4 is 0 Å². The molecule has 2 unspecified atom stereocenters. The third-order valence-corrected chi connectivity index (χ3v) is 5.84. The first-order valence-electron chi connectivity index (χ1n) is 9.14. The van der Waals surface area contributed by atoms with Crippen LogP contribution in [0.25, 0.3) is 0 Å². The number of rotatable bonds is 1. The molecule has 0 aromatic carbocycles. The minimum Gasteiger partial charge on any atom is -0.300 e. The van der Waals surface area contributed by atoms with Crippen LogP contribution >= 0.6 is 0 Å². The van der Waals surface area contributed by atoms with E-state index in [1.807, 2.05) is 0 Å².